The molecule has 1 N–H and O–H groups in total. The number of hydrogen-bond acceptors (Lipinski definition) is 8. The molecule has 0 aliphatic carbocycles. The standard InChI is InChI=1S/C27H33N5O7/c1-5-37-27(35)31-13-11-30(12-14-31)26(34)19(3)32-16-23(18(2)29-32)28-25(33)24-10-9-22(39-24)17-38-21-8-6-7-20(15-21)36-4/h6-10,15-16,19H,5,11-14,17H2,1-4H3,(H,28,33). The van der Waals surface area contributed by atoms with Gasteiger partial charge in [0.25, 0.3) is 5.91 Å². The Morgan fingerprint density at radius 2 is 1.79 bits per heavy atom. The number of benzene rings is 1. The molecular formula is C27H33N5O7. The van der Waals surface area contributed by atoms with Gasteiger partial charge < -0.3 is 33.7 Å². The molecule has 0 saturated carbocycles. The summed E-state index contributed by atoms with van der Waals surface area (Å²) in [6.07, 6.45) is 1.26. The number of anilines is 1. The summed E-state index contributed by atoms with van der Waals surface area (Å²) < 4.78 is 23.1. The Morgan fingerprint density at radius 1 is 1.08 bits per heavy atom. The zero-order valence-corrected chi connectivity index (χ0v) is 22.5. The first-order valence-corrected chi connectivity index (χ1v) is 12.7. The van der Waals surface area contributed by atoms with Gasteiger partial charge in [0.2, 0.25) is 5.91 Å². The summed E-state index contributed by atoms with van der Waals surface area (Å²) >= 11 is 0. The number of nitrogens with zero attached hydrogens (tertiary/aromatic N) is 4. The van der Waals surface area contributed by atoms with E-state index in [1.165, 1.54) is 4.68 Å². The van der Waals surface area contributed by atoms with Crippen LogP contribution < -0.4 is 14.8 Å². The normalized spacial score (nSPS) is 14.1. The highest BCUT2D eigenvalue weighted by Crippen LogP contribution is 2.22. The van der Waals surface area contributed by atoms with Crippen molar-refractivity contribution in [2.24, 2.45) is 0 Å². The van der Waals surface area contributed by atoms with E-state index in [4.69, 9.17) is 18.6 Å². The van der Waals surface area contributed by atoms with Crippen molar-refractivity contribution in [3.63, 3.8) is 0 Å². The Hall–Kier alpha value is -4.48. The third-order valence-electron chi connectivity index (χ3n) is 6.34. The first kappa shape index (κ1) is 27.6. The second kappa shape index (κ2) is 12.4. The Labute approximate surface area is 226 Å². The fraction of sp³-hybridized carbons (Fsp3) is 0.407. The molecule has 0 radical (unpaired) electrons. The number of carbonyl (C=O) groups excluding carboxylic acids is 3. The molecule has 1 saturated heterocycles. The van der Waals surface area contributed by atoms with Gasteiger partial charge in [-0.2, -0.15) is 5.10 Å². The summed E-state index contributed by atoms with van der Waals surface area (Å²) in [5.41, 5.74) is 1.03. The smallest absolute Gasteiger partial charge is 0.409 e. The lowest BCUT2D eigenvalue weighted by Gasteiger charge is -2.35. The van der Waals surface area contributed by atoms with Crippen molar-refractivity contribution in [1.29, 1.82) is 0 Å². The zero-order valence-electron chi connectivity index (χ0n) is 22.5. The topological polar surface area (TPSA) is 128 Å². The zero-order chi connectivity index (χ0) is 27.9. The molecule has 3 heterocycles. The summed E-state index contributed by atoms with van der Waals surface area (Å²) in [6.45, 7) is 7.35. The van der Waals surface area contributed by atoms with Crippen LogP contribution in [0.5, 0.6) is 11.5 Å². The van der Waals surface area contributed by atoms with E-state index in [0.29, 0.717) is 61.4 Å². The molecule has 0 bridgehead atoms. The summed E-state index contributed by atoms with van der Waals surface area (Å²) in [7, 11) is 1.58. The molecule has 2 aromatic heterocycles. The van der Waals surface area contributed by atoms with E-state index in [-0.39, 0.29) is 24.4 Å². The van der Waals surface area contributed by atoms with Crippen molar-refractivity contribution in [2.45, 2.75) is 33.4 Å². The number of amides is 3. The van der Waals surface area contributed by atoms with Crippen LogP contribution in [-0.4, -0.2) is 77.4 Å². The lowest BCUT2D eigenvalue weighted by atomic mass is 10.2. The second-order valence-electron chi connectivity index (χ2n) is 8.98. The Bertz CT molecular complexity index is 1310. The molecule has 3 aromatic rings. The van der Waals surface area contributed by atoms with Crippen LogP contribution in [0.4, 0.5) is 10.5 Å². The van der Waals surface area contributed by atoms with E-state index in [9.17, 15) is 14.4 Å². The maximum Gasteiger partial charge on any atom is 0.409 e. The molecule has 39 heavy (non-hydrogen) atoms. The summed E-state index contributed by atoms with van der Waals surface area (Å²) in [6, 6.07) is 9.85. The van der Waals surface area contributed by atoms with Crippen molar-refractivity contribution in [1.82, 2.24) is 19.6 Å². The number of ether oxygens (including phenoxy) is 3. The molecule has 208 valence electrons. The first-order chi connectivity index (χ1) is 18.8. The van der Waals surface area contributed by atoms with Crippen molar-refractivity contribution in [2.75, 3.05) is 45.2 Å². The third-order valence-corrected chi connectivity index (χ3v) is 6.34. The predicted molar refractivity (Wildman–Crippen MR) is 141 cm³/mol. The number of carbonyl (C=O) groups is 3. The summed E-state index contributed by atoms with van der Waals surface area (Å²) in [4.78, 5) is 41.1. The molecule has 1 aliphatic heterocycles. The van der Waals surface area contributed by atoms with Crippen LogP contribution in [-0.2, 0) is 16.1 Å². The molecule has 12 heteroatoms. The number of methoxy groups -OCH3 is 1. The minimum atomic E-state index is -0.590. The van der Waals surface area contributed by atoms with Gasteiger partial charge in [-0.1, -0.05) is 6.07 Å². The molecule has 3 amide bonds. The third kappa shape index (κ3) is 6.70. The van der Waals surface area contributed by atoms with Gasteiger partial charge in [0.05, 0.1) is 25.1 Å². The van der Waals surface area contributed by atoms with Gasteiger partial charge >= 0.3 is 6.09 Å². The molecule has 0 spiro atoms. The maximum atomic E-state index is 13.1. The Kier molecular flexibility index (Phi) is 8.74. The largest absolute Gasteiger partial charge is 0.497 e. The summed E-state index contributed by atoms with van der Waals surface area (Å²) in [5, 5.41) is 7.23. The van der Waals surface area contributed by atoms with Gasteiger partial charge in [0.15, 0.2) is 5.76 Å². The minimum absolute atomic E-state index is 0.120. The van der Waals surface area contributed by atoms with Gasteiger partial charge in [-0.25, -0.2) is 4.79 Å². The van der Waals surface area contributed by atoms with Crippen LogP contribution in [0, 0.1) is 6.92 Å². The van der Waals surface area contributed by atoms with E-state index in [2.05, 4.69) is 10.4 Å². The molecule has 12 nitrogen and oxygen atoms in total. The predicted octanol–water partition coefficient (Wildman–Crippen LogP) is 3.49. The first-order valence-electron chi connectivity index (χ1n) is 12.7. The van der Waals surface area contributed by atoms with Crippen molar-refractivity contribution < 1.29 is 33.0 Å². The number of aryl methyl sites for hydroxylation is 1. The Morgan fingerprint density at radius 3 is 2.51 bits per heavy atom. The van der Waals surface area contributed by atoms with Crippen LogP contribution in [0.15, 0.2) is 47.0 Å². The number of piperazine rings is 1. The number of hydrogen-bond donors (Lipinski definition) is 1. The Balaban J connectivity index is 1.32. The summed E-state index contributed by atoms with van der Waals surface area (Å²) in [5.74, 6) is 1.33. The molecule has 1 aliphatic rings. The van der Waals surface area contributed by atoms with E-state index in [1.807, 2.05) is 12.1 Å². The number of furan rings is 1. The number of aromatic nitrogens is 2. The molecule has 1 atom stereocenters. The molecule has 4 rings (SSSR count). The van der Waals surface area contributed by atoms with Gasteiger partial charge in [0.1, 0.15) is 29.9 Å². The molecule has 1 aromatic carbocycles. The fourth-order valence-electron chi connectivity index (χ4n) is 4.11. The lowest BCUT2D eigenvalue weighted by molar-refractivity contribution is -0.136. The van der Waals surface area contributed by atoms with Crippen molar-refractivity contribution in [3.8, 4) is 11.5 Å². The highest BCUT2D eigenvalue weighted by molar-refractivity contribution is 6.02. The van der Waals surface area contributed by atoms with E-state index >= 15 is 0 Å². The quantitative estimate of drug-likeness (QED) is 0.438. The average Bonchev–Trinajstić information content (AvgIpc) is 3.58. The minimum Gasteiger partial charge on any atom is -0.497 e. The highest BCUT2D eigenvalue weighted by Gasteiger charge is 2.29. The van der Waals surface area contributed by atoms with Gasteiger partial charge in [-0.15, -0.1) is 0 Å². The molecule has 1 fully saturated rings. The lowest BCUT2D eigenvalue weighted by Crippen LogP contribution is -2.52. The number of rotatable bonds is 9. The van der Waals surface area contributed by atoms with E-state index < -0.39 is 11.9 Å². The van der Waals surface area contributed by atoms with Gasteiger partial charge in [-0.3, -0.25) is 14.3 Å². The van der Waals surface area contributed by atoms with Crippen LogP contribution in [0.1, 0.15) is 41.9 Å². The van der Waals surface area contributed by atoms with Crippen LogP contribution in [0.3, 0.4) is 0 Å². The van der Waals surface area contributed by atoms with Crippen molar-refractivity contribution >= 4 is 23.6 Å². The van der Waals surface area contributed by atoms with Crippen molar-refractivity contribution in [3.05, 3.63) is 59.8 Å². The van der Waals surface area contributed by atoms with Gasteiger partial charge in [-0.05, 0) is 45.0 Å². The molecule has 1 unspecified atom stereocenters. The van der Waals surface area contributed by atoms with Gasteiger partial charge in [0, 0.05) is 38.4 Å². The van der Waals surface area contributed by atoms with Crippen LogP contribution in [0.2, 0.25) is 0 Å². The number of nitrogens with one attached hydrogen (secondary N) is 1. The average molecular weight is 540 g/mol. The fourth-order valence-corrected chi connectivity index (χ4v) is 4.11. The maximum absolute atomic E-state index is 13.1. The SMILES string of the molecule is CCOC(=O)N1CCN(C(=O)C(C)n2cc(NC(=O)c3ccc(COc4cccc(OC)c4)o3)c(C)n2)CC1. The highest BCUT2D eigenvalue weighted by atomic mass is 16.6. The van der Waals surface area contributed by atoms with E-state index in [1.54, 1.807) is 68.1 Å². The van der Waals surface area contributed by atoms with Crippen LogP contribution >= 0.6 is 0 Å². The molecular weight excluding hydrogens is 506 g/mol. The van der Waals surface area contributed by atoms with E-state index in [0.717, 1.165) is 0 Å². The van der Waals surface area contributed by atoms with Crippen LogP contribution in [0.25, 0.3) is 0 Å². The second-order valence-corrected chi connectivity index (χ2v) is 8.98. The monoisotopic (exact) mass is 539 g/mol.